The number of hydrogen-bond acceptors (Lipinski definition) is 4. The van der Waals surface area contributed by atoms with Crippen LogP contribution in [0.1, 0.15) is 13.3 Å². The van der Waals surface area contributed by atoms with E-state index < -0.39 is 34.3 Å². The lowest BCUT2D eigenvalue weighted by Gasteiger charge is -2.16. The lowest BCUT2D eigenvalue weighted by Crippen LogP contribution is -2.44. The summed E-state index contributed by atoms with van der Waals surface area (Å²) in [4.78, 5) is 0. The molecule has 15 heavy (non-hydrogen) atoms. The smallest absolute Gasteiger partial charge is 0.273 e. The number of rotatable bonds is 6. The number of sulfonamides is 1. The summed E-state index contributed by atoms with van der Waals surface area (Å²) in [6.07, 6.45) is 0.0417. The summed E-state index contributed by atoms with van der Waals surface area (Å²) >= 11 is 0. The zero-order chi connectivity index (χ0) is 12.1. The summed E-state index contributed by atoms with van der Waals surface area (Å²) in [6, 6.07) is 1.52. The van der Waals surface area contributed by atoms with Gasteiger partial charge in [0.15, 0.2) is 5.25 Å². The molecule has 0 aromatic rings. The summed E-state index contributed by atoms with van der Waals surface area (Å²) in [5.41, 5.74) is 4.73. The van der Waals surface area contributed by atoms with E-state index in [9.17, 15) is 17.2 Å². The van der Waals surface area contributed by atoms with Crippen molar-refractivity contribution in [1.82, 2.24) is 4.72 Å². The van der Waals surface area contributed by atoms with Gasteiger partial charge in [-0.15, -0.1) is 0 Å². The predicted molar refractivity (Wildman–Crippen MR) is 50.6 cm³/mol. The van der Waals surface area contributed by atoms with Gasteiger partial charge in [-0.3, -0.25) is 0 Å². The van der Waals surface area contributed by atoms with Gasteiger partial charge in [-0.1, -0.05) is 6.92 Å². The first-order chi connectivity index (χ1) is 6.79. The van der Waals surface area contributed by atoms with E-state index in [2.05, 4.69) is 0 Å². The van der Waals surface area contributed by atoms with Gasteiger partial charge in [-0.25, -0.2) is 21.9 Å². The Morgan fingerprint density at radius 2 is 2.13 bits per heavy atom. The second kappa shape index (κ2) is 5.34. The van der Waals surface area contributed by atoms with Crippen molar-refractivity contribution in [1.29, 1.82) is 5.26 Å². The van der Waals surface area contributed by atoms with Crippen molar-refractivity contribution in [3.63, 3.8) is 0 Å². The van der Waals surface area contributed by atoms with E-state index in [0.29, 0.717) is 0 Å². The third-order valence-electron chi connectivity index (χ3n) is 1.72. The normalized spacial score (nSPS) is 14.6. The van der Waals surface area contributed by atoms with E-state index in [1.165, 1.54) is 13.0 Å². The number of nitrogens with two attached hydrogens (primary N) is 1. The van der Waals surface area contributed by atoms with Gasteiger partial charge >= 0.3 is 0 Å². The third-order valence-corrected chi connectivity index (χ3v) is 3.45. The standard InChI is InChI=1S/C7H13F2N3O2S/c1-2-6(3-10)15(13,14)12-5-7(8,9)4-11/h6,12H,2,4-5,11H2,1H3. The van der Waals surface area contributed by atoms with Gasteiger partial charge in [0.25, 0.3) is 5.92 Å². The van der Waals surface area contributed by atoms with Crippen LogP contribution in [0.4, 0.5) is 8.78 Å². The number of nitriles is 1. The highest BCUT2D eigenvalue weighted by atomic mass is 32.2. The molecule has 0 spiro atoms. The molecule has 8 heteroatoms. The molecule has 0 aliphatic heterocycles. The molecule has 0 aromatic heterocycles. The Morgan fingerprint density at radius 1 is 1.60 bits per heavy atom. The van der Waals surface area contributed by atoms with Crippen LogP contribution < -0.4 is 10.5 Å². The minimum Gasteiger partial charge on any atom is -0.325 e. The average molecular weight is 241 g/mol. The van der Waals surface area contributed by atoms with Gasteiger partial charge in [0.2, 0.25) is 10.0 Å². The summed E-state index contributed by atoms with van der Waals surface area (Å²) < 4.78 is 49.4. The maximum Gasteiger partial charge on any atom is 0.273 e. The van der Waals surface area contributed by atoms with E-state index in [4.69, 9.17) is 11.0 Å². The maximum absolute atomic E-state index is 12.6. The van der Waals surface area contributed by atoms with Gasteiger partial charge in [0.05, 0.1) is 19.2 Å². The summed E-state index contributed by atoms with van der Waals surface area (Å²) in [6.45, 7) is -0.545. The first kappa shape index (κ1) is 14.2. The highest BCUT2D eigenvalue weighted by Gasteiger charge is 2.31. The molecule has 88 valence electrons. The molecule has 0 aromatic carbocycles. The summed E-state index contributed by atoms with van der Waals surface area (Å²) in [7, 11) is -4.01. The SMILES string of the molecule is CCC(C#N)S(=O)(=O)NCC(F)(F)CN. The minimum atomic E-state index is -4.01. The Labute approximate surface area is 87.3 Å². The molecule has 0 saturated carbocycles. The highest BCUT2D eigenvalue weighted by Crippen LogP contribution is 2.11. The van der Waals surface area contributed by atoms with Crippen LogP contribution in [0.15, 0.2) is 0 Å². The molecule has 0 amide bonds. The van der Waals surface area contributed by atoms with Crippen LogP contribution >= 0.6 is 0 Å². The van der Waals surface area contributed by atoms with Crippen LogP contribution in [0.2, 0.25) is 0 Å². The molecule has 0 aliphatic carbocycles. The van der Waals surface area contributed by atoms with Gasteiger partial charge < -0.3 is 5.73 Å². The molecular weight excluding hydrogens is 228 g/mol. The number of alkyl halides is 2. The lowest BCUT2D eigenvalue weighted by molar-refractivity contribution is 0.0170. The Bertz CT molecular complexity index is 337. The largest absolute Gasteiger partial charge is 0.325 e. The molecule has 0 fully saturated rings. The summed E-state index contributed by atoms with van der Waals surface area (Å²) in [5.74, 6) is -3.29. The van der Waals surface area contributed by atoms with Crippen LogP contribution in [0, 0.1) is 11.3 Å². The molecule has 0 aliphatic rings. The van der Waals surface area contributed by atoms with Crippen molar-refractivity contribution in [2.24, 2.45) is 5.73 Å². The number of halogens is 2. The van der Waals surface area contributed by atoms with E-state index in [0.717, 1.165) is 0 Å². The first-order valence-electron chi connectivity index (χ1n) is 4.25. The Kier molecular flexibility index (Phi) is 5.07. The minimum absolute atomic E-state index is 0.0417. The fourth-order valence-corrected chi connectivity index (χ4v) is 1.95. The molecule has 3 N–H and O–H groups in total. The lowest BCUT2D eigenvalue weighted by atomic mass is 10.3. The molecule has 0 saturated heterocycles. The second-order valence-corrected chi connectivity index (χ2v) is 4.90. The van der Waals surface area contributed by atoms with Gasteiger partial charge in [0.1, 0.15) is 0 Å². The average Bonchev–Trinajstić information content (AvgIpc) is 2.17. The van der Waals surface area contributed by atoms with Crippen LogP contribution in [-0.2, 0) is 10.0 Å². The van der Waals surface area contributed by atoms with Crippen LogP contribution in [0.5, 0.6) is 0 Å². The highest BCUT2D eigenvalue weighted by molar-refractivity contribution is 7.90. The van der Waals surface area contributed by atoms with Crippen molar-refractivity contribution in [2.45, 2.75) is 24.5 Å². The van der Waals surface area contributed by atoms with Crippen molar-refractivity contribution in [3.05, 3.63) is 0 Å². The molecule has 0 radical (unpaired) electrons. The van der Waals surface area contributed by atoms with Crippen LogP contribution in [0.3, 0.4) is 0 Å². The third kappa shape index (κ3) is 4.51. The molecule has 0 heterocycles. The molecule has 1 unspecified atom stereocenters. The number of hydrogen-bond donors (Lipinski definition) is 2. The van der Waals surface area contributed by atoms with Gasteiger partial charge in [-0.05, 0) is 6.42 Å². The fraction of sp³-hybridized carbons (Fsp3) is 0.857. The molecule has 1 atom stereocenters. The topological polar surface area (TPSA) is 96.0 Å². The van der Waals surface area contributed by atoms with Crippen molar-refractivity contribution in [3.8, 4) is 6.07 Å². The number of nitrogens with one attached hydrogen (secondary N) is 1. The van der Waals surface area contributed by atoms with Gasteiger partial charge in [0, 0.05) is 0 Å². The van der Waals surface area contributed by atoms with Gasteiger partial charge in [-0.2, -0.15) is 5.26 Å². The van der Waals surface area contributed by atoms with Crippen LogP contribution in [0.25, 0.3) is 0 Å². The molecule has 0 bridgehead atoms. The number of nitrogens with zero attached hydrogens (tertiary/aromatic N) is 1. The molecule has 0 rings (SSSR count). The van der Waals surface area contributed by atoms with Crippen LogP contribution in [-0.4, -0.2) is 32.7 Å². The van der Waals surface area contributed by atoms with E-state index in [1.807, 2.05) is 0 Å². The summed E-state index contributed by atoms with van der Waals surface area (Å²) in [5, 5.41) is 7.15. The van der Waals surface area contributed by atoms with E-state index >= 15 is 0 Å². The zero-order valence-electron chi connectivity index (χ0n) is 8.20. The Balaban J connectivity index is 4.49. The molecular formula is C7H13F2N3O2S. The van der Waals surface area contributed by atoms with E-state index in [-0.39, 0.29) is 6.42 Å². The maximum atomic E-state index is 12.6. The predicted octanol–water partition coefficient (Wildman–Crippen LogP) is -0.198. The fourth-order valence-electron chi connectivity index (χ4n) is 0.759. The van der Waals surface area contributed by atoms with E-state index in [1.54, 1.807) is 4.72 Å². The quantitative estimate of drug-likeness (QED) is 0.673. The zero-order valence-corrected chi connectivity index (χ0v) is 9.02. The van der Waals surface area contributed by atoms with Crippen molar-refractivity contribution < 1.29 is 17.2 Å². The second-order valence-electron chi connectivity index (χ2n) is 2.95. The van der Waals surface area contributed by atoms with Crippen molar-refractivity contribution >= 4 is 10.0 Å². The monoisotopic (exact) mass is 241 g/mol. The Hall–Kier alpha value is -0.780. The Morgan fingerprint density at radius 3 is 2.47 bits per heavy atom. The van der Waals surface area contributed by atoms with Crippen molar-refractivity contribution in [2.75, 3.05) is 13.1 Å². The molecule has 5 nitrogen and oxygen atoms in total. The first-order valence-corrected chi connectivity index (χ1v) is 5.79.